The first-order valence-electron chi connectivity index (χ1n) is 6.73. The molecule has 2 aromatic rings. The molecular formula is C16H21N3. The fourth-order valence-electron chi connectivity index (χ4n) is 2.23. The molecule has 1 aromatic carbocycles. The second kappa shape index (κ2) is 6.90. The molecule has 3 heteroatoms. The van der Waals surface area contributed by atoms with Crippen LogP contribution in [0, 0.1) is 0 Å². The third-order valence-corrected chi connectivity index (χ3v) is 3.03. The van der Waals surface area contributed by atoms with Crippen LogP contribution < -0.4 is 5.73 Å². The zero-order chi connectivity index (χ0) is 13.5. The van der Waals surface area contributed by atoms with Gasteiger partial charge in [0, 0.05) is 31.2 Å². The number of nitrogens with zero attached hydrogens (tertiary/aromatic N) is 2. The van der Waals surface area contributed by atoms with Crippen molar-refractivity contribution in [1.29, 1.82) is 0 Å². The average molecular weight is 255 g/mol. The molecule has 0 saturated carbocycles. The Morgan fingerprint density at radius 1 is 1.11 bits per heavy atom. The summed E-state index contributed by atoms with van der Waals surface area (Å²) in [5.74, 6) is 0. The fraction of sp³-hybridized carbons (Fsp3) is 0.312. The molecule has 0 aliphatic rings. The molecule has 0 amide bonds. The molecule has 0 aliphatic heterocycles. The number of nitrogen functional groups attached to an aromatic ring is 1. The lowest BCUT2D eigenvalue weighted by molar-refractivity contribution is 0.257. The first-order chi connectivity index (χ1) is 9.28. The van der Waals surface area contributed by atoms with Crippen molar-refractivity contribution < 1.29 is 0 Å². The summed E-state index contributed by atoms with van der Waals surface area (Å²) >= 11 is 0. The average Bonchev–Trinajstić information content (AvgIpc) is 2.40. The highest BCUT2D eigenvalue weighted by Crippen LogP contribution is 2.12. The second-order valence-corrected chi connectivity index (χ2v) is 4.82. The summed E-state index contributed by atoms with van der Waals surface area (Å²) in [6.07, 6.45) is 4.89. The van der Waals surface area contributed by atoms with Crippen molar-refractivity contribution in [3.63, 3.8) is 0 Å². The van der Waals surface area contributed by atoms with Gasteiger partial charge in [-0.15, -0.1) is 0 Å². The van der Waals surface area contributed by atoms with E-state index in [2.05, 4.69) is 28.9 Å². The zero-order valence-corrected chi connectivity index (χ0v) is 11.4. The first-order valence-corrected chi connectivity index (χ1v) is 6.73. The lowest BCUT2D eigenvalue weighted by Crippen LogP contribution is -2.23. The van der Waals surface area contributed by atoms with Gasteiger partial charge in [0.15, 0.2) is 0 Å². The van der Waals surface area contributed by atoms with E-state index in [9.17, 15) is 0 Å². The molecule has 0 aliphatic carbocycles. The smallest absolute Gasteiger partial charge is 0.0317 e. The van der Waals surface area contributed by atoms with E-state index in [1.807, 2.05) is 36.7 Å². The predicted octanol–water partition coefficient (Wildman–Crippen LogP) is 3.08. The molecule has 0 fully saturated rings. The Labute approximate surface area is 115 Å². The molecule has 1 aromatic heterocycles. The Kier molecular flexibility index (Phi) is 4.93. The van der Waals surface area contributed by atoms with E-state index >= 15 is 0 Å². The Balaban J connectivity index is 2.04. The highest BCUT2D eigenvalue weighted by atomic mass is 15.1. The number of rotatable bonds is 6. The van der Waals surface area contributed by atoms with Gasteiger partial charge in [-0.1, -0.05) is 25.1 Å². The van der Waals surface area contributed by atoms with Crippen molar-refractivity contribution in [3.05, 3.63) is 59.9 Å². The lowest BCUT2D eigenvalue weighted by atomic mass is 10.1. The molecule has 0 radical (unpaired) electrons. The first kappa shape index (κ1) is 13.6. The molecule has 0 spiro atoms. The monoisotopic (exact) mass is 255 g/mol. The summed E-state index contributed by atoms with van der Waals surface area (Å²) in [5.41, 5.74) is 9.17. The molecule has 2 rings (SSSR count). The van der Waals surface area contributed by atoms with E-state index in [1.54, 1.807) is 0 Å². The van der Waals surface area contributed by atoms with Crippen LogP contribution in [0.3, 0.4) is 0 Å². The summed E-state index contributed by atoms with van der Waals surface area (Å²) in [4.78, 5) is 6.59. The van der Waals surface area contributed by atoms with Crippen LogP contribution in [0.1, 0.15) is 24.5 Å². The minimum Gasteiger partial charge on any atom is -0.399 e. The van der Waals surface area contributed by atoms with Gasteiger partial charge in [-0.05, 0) is 42.3 Å². The van der Waals surface area contributed by atoms with E-state index in [0.717, 1.165) is 31.7 Å². The van der Waals surface area contributed by atoms with Crippen LogP contribution >= 0.6 is 0 Å². The second-order valence-electron chi connectivity index (χ2n) is 4.82. The summed E-state index contributed by atoms with van der Waals surface area (Å²) in [7, 11) is 0. The molecule has 0 saturated heterocycles. The van der Waals surface area contributed by atoms with E-state index in [0.29, 0.717) is 0 Å². The molecule has 100 valence electrons. The summed E-state index contributed by atoms with van der Waals surface area (Å²) in [6, 6.07) is 12.2. The minimum absolute atomic E-state index is 0.829. The Bertz CT molecular complexity index is 496. The third-order valence-electron chi connectivity index (χ3n) is 3.03. The molecule has 2 N–H and O–H groups in total. The van der Waals surface area contributed by atoms with Crippen LogP contribution in [0.4, 0.5) is 5.69 Å². The number of anilines is 1. The van der Waals surface area contributed by atoms with Crippen LogP contribution in [0.5, 0.6) is 0 Å². The van der Waals surface area contributed by atoms with E-state index in [1.165, 1.54) is 11.1 Å². The van der Waals surface area contributed by atoms with Gasteiger partial charge in [-0.3, -0.25) is 9.88 Å². The highest BCUT2D eigenvalue weighted by molar-refractivity contribution is 5.40. The Morgan fingerprint density at radius 2 is 1.89 bits per heavy atom. The highest BCUT2D eigenvalue weighted by Gasteiger charge is 2.06. The number of pyridine rings is 1. The van der Waals surface area contributed by atoms with E-state index in [4.69, 9.17) is 5.73 Å². The third kappa shape index (κ3) is 4.38. The van der Waals surface area contributed by atoms with Crippen LogP contribution in [0.2, 0.25) is 0 Å². The fourth-order valence-corrected chi connectivity index (χ4v) is 2.23. The van der Waals surface area contributed by atoms with Gasteiger partial charge in [0.1, 0.15) is 0 Å². The maximum absolute atomic E-state index is 5.83. The van der Waals surface area contributed by atoms with Crippen molar-refractivity contribution in [2.45, 2.75) is 26.4 Å². The molecule has 0 atom stereocenters. The van der Waals surface area contributed by atoms with Gasteiger partial charge >= 0.3 is 0 Å². The van der Waals surface area contributed by atoms with Crippen molar-refractivity contribution in [1.82, 2.24) is 9.88 Å². The standard InChI is InChI=1S/C16H21N3/c1-2-9-19(13-15-6-4-8-18-11-15)12-14-5-3-7-16(17)10-14/h3-8,10-11H,2,9,12-13,17H2,1H3. The molecule has 19 heavy (non-hydrogen) atoms. The van der Waals surface area contributed by atoms with Crippen LogP contribution in [-0.4, -0.2) is 16.4 Å². The quantitative estimate of drug-likeness (QED) is 0.807. The zero-order valence-electron chi connectivity index (χ0n) is 11.4. The van der Waals surface area contributed by atoms with Gasteiger partial charge in [0.2, 0.25) is 0 Å². The summed E-state index contributed by atoms with van der Waals surface area (Å²) in [6.45, 7) is 5.13. The normalized spacial score (nSPS) is 10.8. The van der Waals surface area contributed by atoms with Crippen molar-refractivity contribution in [3.8, 4) is 0 Å². The Hall–Kier alpha value is -1.87. The summed E-state index contributed by atoms with van der Waals surface area (Å²) in [5, 5.41) is 0. The minimum atomic E-state index is 0.829. The van der Waals surface area contributed by atoms with Crippen LogP contribution in [0.25, 0.3) is 0 Å². The summed E-state index contributed by atoms with van der Waals surface area (Å²) < 4.78 is 0. The number of nitrogens with two attached hydrogens (primary N) is 1. The van der Waals surface area contributed by atoms with Crippen LogP contribution in [-0.2, 0) is 13.1 Å². The number of aromatic nitrogens is 1. The largest absolute Gasteiger partial charge is 0.399 e. The SMILES string of the molecule is CCCN(Cc1cccnc1)Cc1cccc(N)c1. The van der Waals surface area contributed by atoms with Gasteiger partial charge < -0.3 is 5.73 Å². The van der Waals surface area contributed by atoms with Crippen molar-refractivity contribution in [2.75, 3.05) is 12.3 Å². The van der Waals surface area contributed by atoms with Gasteiger partial charge in [0.25, 0.3) is 0 Å². The molecular weight excluding hydrogens is 234 g/mol. The topological polar surface area (TPSA) is 42.2 Å². The number of hydrogen-bond donors (Lipinski definition) is 1. The van der Waals surface area contributed by atoms with Crippen LogP contribution in [0.15, 0.2) is 48.8 Å². The number of hydrogen-bond acceptors (Lipinski definition) is 3. The maximum Gasteiger partial charge on any atom is 0.0317 e. The van der Waals surface area contributed by atoms with Gasteiger partial charge in [0.05, 0.1) is 0 Å². The van der Waals surface area contributed by atoms with Crippen molar-refractivity contribution >= 4 is 5.69 Å². The molecule has 0 bridgehead atoms. The Morgan fingerprint density at radius 3 is 2.58 bits per heavy atom. The van der Waals surface area contributed by atoms with E-state index in [-0.39, 0.29) is 0 Å². The number of benzene rings is 1. The predicted molar refractivity (Wildman–Crippen MR) is 79.5 cm³/mol. The molecule has 0 unspecified atom stereocenters. The van der Waals surface area contributed by atoms with Gasteiger partial charge in [-0.2, -0.15) is 0 Å². The molecule has 3 nitrogen and oxygen atoms in total. The van der Waals surface area contributed by atoms with E-state index < -0.39 is 0 Å². The van der Waals surface area contributed by atoms with Crippen molar-refractivity contribution in [2.24, 2.45) is 0 Å². The maximum atomic E-state index is 5.83. The lowest BCUT2D eigenvalue weighted by Gasteiger charge is -2.21. The molecule has 1 heterocycles. The van der Waals surface area contributed by atoms with Gasteiger partial charge in [-0.25, -0.2) is 0 Å².